The van der Waals surface area contributed by atoms with Crippen LogP contribution in [0.5, 0.6) is 11.5 Å². The largest absolute Gasteiger partial charge is 0.497 e. The van der Waals surface area contributed by atoms with Crippen LogP contribution in [0, 0.1) is 17.3 Å². The van der Waals surface area contributed by atoms with Gasteiger partial charge >= 0.3 is 0 Å². The summed E-state index contributed by atoms with van der Waals surface area (Å²) in [5.74, 6) is 1.82. The van der Waals surface area contributed by atoms with Gasteiger partial charge in [-0.3, -0.25) is 9.59 Å². The molecule has 1 aliphatic heterocycles. The van der Waals surface area contributed by atoms with Crippen LogP contribution in [0.3, 0.4) is 0 Å². The van der Waals surface area contributed by atoms with Crippen LogP contribution in [-0.4, -0.2) is 50.1 Å². The first kappa shape index (κ1) is 25.0. The number of ether oxygens (including phenoxy) is 2. The Kier molecular flexibility index (Phi) is 8.78. The first-order valence-electron chi connectivity index (χ1n) is 11.4. The van der Waals surface area contributed by atoms with Gasteiger partial charge in [0, 0.05) is 36.7 Å². The molecule has 0 bridgehead atoms. The van der Waals surface area contributed by atoms with Gasteiger partial charge in [-0.25, -0.2) is 0 Å². The lowest BCUT2D eigenvalue weighted by molar-refractivity contribution is -0.127. The number of carbonyl (C=O) groups is 2. The molecule has 0 spiro atoms. The van der Waals surface area contributed by atoms with Crippen molar-refractivity contribution in [1.29, 1.82) is 0 Å². The van der Waals surface area contributed by atoms with E-state index in [1.807, 2.05) is 4.90 Å². The van der Waals surface area contributed by atoms with Crippen molar-refractivity contribution in [2.45, 2.75) is 66.3 Å². The minimum atomic E-state index is -0.0550. The standard InChI is InChI=1S/C25H40N2O4/c1-17(2)8-9-22(25(3,4)5)26-23(28)18-10-12-27(13-11-18)24(29)19-14-20(30-6)16-21(15-19)31-7/h14-18,22H,8-13H2,1-7H3,(H,26,28). The Labute approximate surface area is 187 Å². The van der Waals surface area contributed by atoms with E-state index in [-0.39, 0.29) is 29.2 Å². The third-order valence-electron chi connectivity index (χ3n) is 6.15. The van der Waals surface area contributed by atoms with E-state index in [1.54, 1.807) is 32.4 Å². The first-order valence-corrected chi connectivity index (χ1v) is 11.4. The van der Waals surface area contributed by atoms with E-state index in [0.29, 0.717) is 48.9 Å². The van der Waals surface area contributed by atoms with Crippen LogP contribution in [0.25, 0.3) is 0 Å². The summed E-state index contributed by atoms with van der Waals surface area (Å²) >= 11 is 0. The molecule has 1 fully saturated rings. The molecule has 0 radical (unpaired) electrons. The number of rotatable bonds is 8. The predicted octanol–water partition coefficient (Wildman–Crippen LogP) is 4.52. The quantitative estimate of drug-likeness (QED) is 0.656. The molecule has 6 nitrogen and oxygen atoms in total. The zero-order chi connectivity index (χ0) is 23.2. The number of likely N-dealkylation sites (tertiary alicyclic amines) is 1. The molecule has 0 saturated carbocycles. The van der Waals surface area contributed by atoms with Crippen LogP contribution in [0.15, 0.2) is 18.2 Å². The normalized spacial score (nSPS) is 16.2. The number of amides is 2. The Balaban J connectivity index is 1.97. The minimum absolute atomic E-state index is 0.0205. The van der Waals surface area contributed by atoms with Crippen molar-refractivity contribution in [2.24, 2.45) is 17.3 Å². The second kappa shape index (κ2) is 10.9. The van der Waals surface area contributed by atoms with Gasteiger partial charge in [-0.15, -0.1) is 0 Å². The molecule has 1 unspecified atom stereocenters. The minimum Gasteiger partial charge on any atom is -0.497 e. The Morgan fingerprint density at radius 1 is 1.03 bits per heavy atom. The monoisotopic (exact) mass is 432 g/mol. The highest BCUT2D eigenvalue weighted by atomic mass is 16.5. The van der Waals surface area contributed by atoms with Gasteiger partial charge in [0.05, 0.1) is 14.2 Å². The molecule has 174 valence electrons. The van der Waals surface area contributed by atoms with Crippen molar-refractivity contribution < 1.29 is 19.1 Å². The SMILES string of the molecule is COc1cc(OC)cc(C(=O)N2CCC(C(=O)NC(CCC(C)C)C(C)(C)C)CC2)c1. The molecule has 0 aliphatic carbocycles. The Hall–Kier alpha value is -2.24. The van der Waals surface area contributed by atoms with Crippen molar-refractivity contribution >= 4 is 11.8 Å². The van der Waals surface area contributed by atoms with E-state index in [2.05, 4.69) is 39.9 Å². The van der Waals surface area contributed by atoms with Crippen molar-refractivity contribution in [3.63, 3.8) is 0 Å². The first-order chi connectivity index (χ1) is 14.5. The number of nitrogens with one attached hydrogen (secondary N) is 1. The maximum atomic E-state index is 13.0. The van der Waals surface area contributed by atoms with Gasteiger partial charge in [0.1, 0.15) is 11.5 Å². The summed E-state index contributed by atoms with van der Waals surface area (Å²) in [5.41, 5.74) is 0.563. The molecule has 2 amide bonds. The van der Waals surface area contributed by atoms with Crippen LogP contribution in [0.2, 0.25) is 0 Å². The molecular formula is C25H40N2O4. The average molecular weight is 433 g/mol. The second-order valence-electron chi connectivity index (χ2n) is 10.1. The maximum absolute atomic E-state index is 13.0. The van der Waals surface area contributed by atoms with E-state index in [0.717, 1.165) is 12.8 Å². The summed E-state index contributed by atoms with van der Waals surface area (Å²) in [5, 5.41) is 3.31. The van der Waals surface area contributed by atoms with E-state index in [9.17, 15) is 9.59 Å². The van der Waals surface area contributed by atoms with Crippen LogP contribution in [-0.2, 0) is 4.79 Å². The predicted molar refractivity (Wildman–Crippen MR) is 124 cm³/mol. The summed E-state index contributed by atoms with van der Waals surface area (Å²) in [4.78, 5) is 27.8. The van der Waals surface area contributed by atoms with E-state index < -0.39 is 0 Å². The van der Waals surface area contributed by atoms with Gasteiger partial charge in [0.15, 0.2) is 0 Å². The lowest BCUT2D eigenvalue weighted by atomic mass is 9.82. The van der Waals surface area contributed by atoms with Gasteiger partial charge < -0.3 is 19.7 Å². The molecule has 1 aliphatic rings. The number of hydrogen-bond acceptors (Lipinski definition) is 4. The molecular weight excluding hydrogens is 392 g/mol. The smallest absolute Gasteiger partial charge is 0.254 e. The fraction of sp³-hybridized carbons (Fsp3) is 0.680. The summed E-state index contributed by atoms with van der Waals surface area (Å²) in [6.07, 6.45) is 3.44. The zero-order valence-electron chi connectivity index (χ0n) is 20.3. The maximum Gasteiger partial charge on any atom is 0.254 e. The summed E-state index contributed by atoms with van der Waals surface area (Å²) in [7, 11) is 3.14. The van der Waals surface area contributed by atoms with Gasteiger partial charge in [-0.05, 0) is 49.1 Å². The Bertz CT molecular complexity index is 724. The van der Waals surface area contributed by atoms with Crippen molar-refractivity contribution in [1.82, 2.24) is 10.2 Å². The molecule has 0 aromatic heterocycles. The Morgan fingerprint density at radius 2 is 1.58 bits per heavy atom. The van der Waals surface area contributed by atoms with Crippen molar-refractivity contribution in [3.05, 3.63) is 23.8 Å². The lowest BCUT2D eigenvalue weighted by Gasteiger charge is -2.36. The number of methoxy groups -OCH3 is 2. The topological polar surface area (TPSA) is 67.9 Å². The molecule has 6 heteroatoms. The van der Waals surface area contributed by atoms with Crippen LogP contribution < -0.4 is 14.8 Å². The molecule has 1 aromatic carbocycles. The van der Waals surface area contributed by atoms with Gasteiger partial charge in [-0.1, -0.05) is 34.6 Å². The number of piperidine rings is 1. The van der Waals surface area contributed by atoms with Gasteiger partial charge in [0.2, 0.25) is 5.91 Å². The highest BCUT2D eigenvalue weighted by Gasteiger charge is 2.32. The lowest BCUT2D eigenvalue weighted by Crippen LogP contribution is -2.49. The Morgan fingerprint density at radius 3 is 2.03 bits per heavy atom. The number of nitrogens with zero attached hydrogens (tertiary/aromatic N) is 1. The molecule has 1 atom stereocenters. The fourth-order valence-electron chi connectivity index (χ4n) is 3.97. The molecule has 1 N–H and O–H groups in total. The van der Waals surface area contributed by atoms with Crippen molar-refractivity contribution in [2.75, 3.05) is 27.3 Å². The van der Waals surface area contributed by atoms with Crippen LogP contribution >= 0.6 is 0 Å². The number of hydrogen-bond donors (Lipinski definition) is 1. The third-order valence-corrected chi connectivity index (χ3v) is 6.15. The van der Waals surface area contributed by atoms with E-state index in [4.69, 9.17) is 9.47 Å². The molecule has 2 rings (SSSR count). The van der Waals surface area contributed by atoms with E-state index in [1.165, 1.54) is 0 Å². The summed E-state index contributed by atoms with van der Waals surface area (Å²) < 4.78 is 10.6. The molecule has 1 heterocycles. The van der Waals surface area contributed by atoms with Crippen molar-refractivity contribution in [3.8, 4) is 11.5 Å². The summed E-state index contributed by atoms with van der Waals surface area (Å²) in [6, 6.07) is 5.36. The van der Waals surface area contributed by atoms with Gasteiger partial charge in [-0.2, -0.15) is 0 Å². The number of benzene rings is 1. The van der Waals surface area contributed by atoms with E-state index >= 15 is 0 Å². The zero-order valence-corrected chi connectivity index (χ0v) is 20.3. The molecule has 1 aromatic rings. The van der Waals surface area contributed by atoms with Gasteiger partial charge in [0.25, 0.3) is 5.91 Å². The highest BCUT2D eigenvalue weighted by molar-refractivity contribution is 5.95. The third kappa shape index (κ3) is 7.15. The number of carbonyl (C=O) groups excluding carboxylic acids is 2. The summed E-state index contributed by atoms with van der Waals surface area (Å²) in [6.45, 7) is 12.1. The van der Waals surface area contributed by atoms with Crippen LogP contribution in [0.4, 0.5) is 0 Å². The fourth-order valence-corrected chi connectivity index (χ4v) is 3.97. The molecule has 1 saturated heterocycles. The average Bonchev–Trinajstić information content (AvgIpc) is 2.74. The highest BCUT2D eigenvalue weighted by Crippen LogP contribution is 2.28. The molecule has 31 heavy (non-hydrogen) atoms. The second-order valence-corrected chi connectivity index (χ2v) is 10.1. The van der Waals surface area contributed by atoms with Crippen LogP contribution in [0.1, 0.15) is 70.7 Å².